The molecule has 0 fully saturated rings. The summed E-state index contributed by atoms with van der Waals surface area (Å²) < 4.78 is 10.1. The van der Waals surface area contributed by atoms with Crippen LogP contribution in [-0.2, 0) is 14.3 Å². The van der Waals surface area contributed by atoms with Gasteiger partial charge in [0, 0.05) is 13.2 Å². The van der Waals surface area contributed by atoms with Gasteiger partial charge in [-0.2, -0.15) is 0 Å². The molecule has 15 heavy (non-hydrogen) atoms. The van der Waals surface area contributed by atoms with Crippen molar-refractivity contribution >= 4 is 5.97 Å². The fourth-order valence-electron chi connectivity index (χ4n) is 1.39. The van der Waals surface area contributed by atoms with Crippen molar-refractivity contribution < 1.29 is 14.3 Å². The zero-order valence-corrected chi connectivity index (χ0v) is 10.4. The molecule has 0 N–H and O–H groups in total. The summed E-state index contributed by atoms with van der Waals surface area (Å²) in [6.07, 6.45) is -0.0473. The van der Waals surface area contributed by atoms with Crippen molar-refractivity contribution in [1.29, 1.82) is 0 Å². The van der Waals surface area contributed by atoms with Gasteiger partial charge in [0.25, 0.3) is 0 Å². The summed E-state index contributed by atoms with van der Waals surface area (Å²) in [5.74, 6) is -0.171. The highest BCUT2D eigenvalue weighted by Crippen LogP contribution is 2.00. The van der Waals surface area contributed by atoms with E-state index in [0.717, 1.165) is 6.54 Å². The van der Waals surface area contributed by atoms with E-state index >= 15 is 0 Å². The van der Waals surface area contributed by atoms with Gasteiger partial charge in [-0.3, -0.25) is 9.69 Å². The van der Waals surface area contributed by atoms with E-state index in [2.05, 4.69) is 0 Å². The molecule has 0 heterocycles. The van der Waals surface area contributed by atoms with E-state index in [1.165, 1.54) is 0 Å². The fourth-order valence-corrected chi connectivity index (χ4v) is 1.39. The number of nitrogens with zero attached hydrogens (tertiary/aromatic N) is 1. The Kier molecular flexibility index (Phi) is 7.34. The predicted octanol–water partition coefficient (Wildman–Crippen LogP) is 1.29. The molecule has 4 nitrogen and oxygen atoms in total. The van der Waals surface area contributed by atoms with Crippen LogP contribution in [0.4, 0.5) is 0 Å². The highest BCUT2D eigenvalue weighted by atomic mass is 16.5. The largest absolute Gasteiger partial charge is 0.462 e. The number of hydrogen-bond acceptors (Lipinski definition) is 4. The molecule has 0 aliphatic heterocycles. The third kappa shape index (κ3) is 6.47. The summed E-state index contributed by atoms with van der Waals surface area (Å²) in [4.78, 5) is 13.5. The Morgan fingerprint density at radius 3 is 2.33 bits per heavy atom. The van der Waals surface area contributed by atoms with E-state index in [-0.39, 0.29) is 18.1 Å². The van der Waals surface area contributed by atoms with Gasteiger partial charge in [0.1, 0.15) is 0 Å². The van der Waals surface area contributed by atoms with Crippen LogP contribution in [0.1, 0.15) is 27.7 Å². The lowest BCUT2D eigenvalue weighted by atomic mass is 10.3. The lowest BCUT2D eigenvalue weighted by Crippen LogP contribution is -2.40. The molecular weight excluding hydrogens is 194 g/mol. The zero-order chi connectivity index (χ0) is 11.8. The van der Waals surface area contributed by atoms with E-state index in [4.69, 9.17) is 9.47 Å². The van der Waals surface area contributed by atoms with Crippen LogP contribution in [0, 0.1) is 0 Å². The first-order chi connectivity index (χ1) is 7.01. The van der Waals surface area contributed by atoms with Crippen LogP contribution in [0.25, 0.3) is 0 Å². The summed E-state index contributed by atoms with van der Waals surface area (Å²) >= 11 is 0. The van der Waals surface area contributed by atoms with Gasteiger partial charge in [0.2, 0.25) is 0 Å². The van der Waals surface area contributed by atoms with Crippen LogP contribution in [0.3, 0.4) is 0 Å². The average Bonchev–Trinajstić information content (AvgIpc) is 2.13. The smallest absolute Gasteiger partial charge is 0.320 e. The molecule has 1 unspecified atom stereocenters. The van der Waals surface area contributed by atoms with Gasteiger partial charge in [0.15, 0.2) is 0 Å². The molecule has 0 aromatic rings. The first-order valence-electron chi connectivity index (χ1n) is 5.43. The minimum absolute atomic E-state index is 0.0473. The van der Waals surface area contributed by atoms with Gasteiger partial charge < -0.3 is 9.47 Å². The Labute approximate surface area is 92.5 Å². The van der Waals surface area contributed by atoms with E-state index in [0.29, 0.717) is 13.2 Å². The summed E-state index contributed by atoms with van der Waals surface area (Å²) in [5.41, 5.74) is 0. The number of hydrogen-bond donors (Lipinski definition) is 0. The van der Waals surface area contributed by atoms with Crippen molar-refractivity contribution in [3.63, 3.8) is 0 Å². The third-order valence-electron chi connectivity index (χ3n) is 2.14. The molecule has 0 aliphatic carbocycles. The van der Waals surface area contributed by atoms with Crippen LogP contribution in [0.15, 0.2) is 0 Å². The second kappa shape index (κ2) is 7.65. The second-order valence-electron chi connectivity index (χ2n) is 3.91. The molecule has 0 aromatic carbocycles. The topological polar surface area (TPSA) is 38.8 Å². The summed E-state index contributed by atoms with van der Waals surface area (Å²) in [6.45, 7) is 9.55. The van der Waals surface area contributed by atoms with Crippen molar-refractivity contribution in [1.82, 2.24) is 4.90 Å². The summed E-state index contributed by atoms with van der Waals surface area (Å²) in [6, 6.07) is 0.236. The minimum Gasteiger partial charge on any atom is -0.462 e. The maximum atomic E-state index is 11.4. The van der Waals surface area contributed by atoms with E-state index in [1.54, 1.807) is 7.11 Å². The Bertz CT molecular complexity index is 183. The van der Waals surface area contributed by atoms with Gasteiger partial charge in [-0.1, -0.05) is 6.92 Å². The number of methoxy groups -OCH3 is 1. The highest BCUT2D eigenvalue weighted by molar-refractivity contribution is 5.71. The lowest BCUT2D eigenvalue weighted by molar-refractivity contribution is -0.149. The first kappa shape index (κ1) is 14.4. The van der Waals surface area contributed by atoms with Gasteiger partial charge in [-0.05, 0) is 27.3 Å². The molecule has 0 aromatic heterocycles. The number of esters is 1. The van der Waals surface area contributed by atoms with Crippen LogP contribution in [0.5, 0.6) is 0 Å². The lowest BCUT2D eigenvalue weighted by Gasteiger charge is -2.26. The molecule has 0 spiro atoms. The number of ether oxygens (including phenoxy) is 2. The van der Waals surface area contributed by atoms with Gasteiger partial charge in [-0.25, -0.2) is 0 Å². The van der Waals surface area contributed by atoms with Gasteiger partial charge in [0.05, 0.1) is 19.3 Å². The predicted molar refractivity (Wildman–Crippen MR) is 59.8 cm³/mol. The van der Waals surface area contributed by atoms with Gasteiger partial charge >= 0.3 is 5.97 Å². The van der Waals surface area contributed by atoms with E-state index in [1.807, 2.05) is 32.6 Å². The molecule has 0 radical (unpaired) electrons. The second-order valence-corrected chi connectivity index (χ2v) is 3.91. The molecule has 90 valence electrons. The van der Waals surface area contributed by atoms with E-state index < -0.39 is 0 Å². The average molecular weight is 217 g/mol. The van der Waals surface area contributed by atoms with Crippen molar-refractivity contribution in [2.24, 2.45) is 0 Å². The Balaban J connectivity index is 4.02. The quantitative estimate of drug-likeness (QED) is 0.602. The first-order valence-corrected chi connectivity index (χ1v) is 5.43. The summed E-state index contributed by atoms with van der Waals surface area (Å²) in [5, 5.41) is 0. The molecule has 0 saturated carbocycles. The summed E-state index contributed by atoms with van der Waals surface area (Å²) in [7, 11) is 1.66. The Morgan fingerprint density at radius 2 is 1.93 bits per heavy atom. The Hall–Kier alpha value is -0.610. The number of carbonyl (C=O) groups is 1. The van der Waals surface area contributed by atoms with Gasteiger partial charge in [-0.15, -0.1) is 0 Å². The van der Waals surface area contributed by atoms with Crippen molar-refractivity contribution in [2.75, 3.05) is 26.8 Å². The number of rotatable bonds is 7. The maximum Gasteiger partial charge on any atom is 0.320 e. The van der Waals surface area contributed by atoms with Crippen molar-refractivity contribution in [3.05, 3.63) is 0 Å². The molecule has 4 heteroatoms. The van der Waals surface area contributed by atoms with Crippen LogP contribution < -0.4 is 0 Å². The van der Waals surface area contributed by atoms with Crippen LogP contribution >= 0.6 is 0 Å². The molecular formula is C11H23NO3. The number of carbonyl (C=O) groups excluding carboxylic acids is 1. The fraction of sp³-hybridized carbons (Fsp3) is 0.909. The third-order valence-corrected chi connectivity index (χ3v) is 2.14. The molecule has 1 atom stereocenters. The monoisotopic (exact) mass is 217 g/mol. The SMILES string of the molecule is CCN(CC(=O)OC(C)C)C(C)COC. The minimum atomic E-state index is -0.171. The molecule has 0 aliphatic rings. The van der Waals surface area contributed by atoms with Crippen molar-refractivity contribution in [2.45, 2.75) is 39.8 Å². The molecule has 0 rings (SSSR count). The molecule has 0 saturated heterocycles. The molecule has 0 amide bonds. The van der Waals surface area contributed by atoms with Crippen LogP contribution in [0.2, 0.25) is 0 Å². The zero-order valence-electron chi connectivity index (χ0n) is 10.4. The molecule has 0 bridgehead atoms. The highest BCUT2D eigenvalue weighted by Gasteiger charge is 2.16. The van der Waals surface area contributed by atoms with E-state index in [9.17, 15) is 4.79 Å². The Morgan fingerprint density at radius 1 is 1.33 bits per heavy atom. The normalized spacial score (nSPS) is 13.3. The van der Waals surface area contributed by atoms with Crippen molar-refractivity contribution in [3.8, 4) is 0 Å². The number of likely N-dealkylation sites (N-methyl/N-ethyl adjacent to an activating group) is 1. The van der Waals surface area contributed by atoms with Crippen LogP contribution in [-0.4, -0.2) is 49.8 Å². The maximum absolute atomic E-state index is 11.4. The standard InChI is InChI=1S/C11H23NO3/c1-6-12(10(4)8-14-5)7-11(13)15-9(2)3/h9-10H,6-8H2,1-5H3.